The summed E-state index contributed by atoms with van der Waals surface area (Å²) < 4.78 is 37.0. The number of ether oxygens (including phenoxy) is 2. The molecule has 0 fully saturated rings. The van der Waals surface area contributed by atoms with Crippen LogP contribution in [0.2, 0.25) is 0 Å². The summed E-state index contributed by atoms with van der Waals surface area (Å²) in [5.74, 6) is 0.534. The number of amides is 1. The molecule has 0 atom stereocenters. The van der Waals surface area contributed by atoms with Crippen LogP contribution in [-0.2, 0) is 21.4 Å². The summed E-state index contributed by atoms with van der Waals surface area (Å²) in [5.41, 5.74) is 6.19. The van der Waals surface area contributed by atoms with E-state index in [0.717, 1.165) is 27.3 Å². The highest BCUT2D eigenvalue weighted by atomic mass is 32.2. The number of benzene rings is 3. The molecule has 0 radical (unpaired) electrons. The smallest absolute Gasteiger partial charge is 0.260 e. The van der Waals surface area contributed by atoms with Crippen LogP contribution in [0.4, 0.5) is 5.69 Å². The molecule has 9 heteroatoms. The highest BCUT2D eigenvalue weighted by Crippen LogP contribution is 2.28. The van der Waals surface area contributed by atoms with E-state index < -0.39 is 22.5 Å². The van der Waals surface area contributed by atoms with Crippen molar-refractivity contribution < 1.29 is 22.7 Å². The number of hydrogen-bond acceptors (Lipinski definition) is 6. The molecule has 1 amide bonds. The summed E-state index contributed by atoms with van der Waals surface area (Å²) in [7, 11) is -2.14. The lowest BCUT2D eigenvalue weighted by atomic mass is 10.1. The zero-order valence-electron chi connectivity index (χ0n) is 20.2. The van der Waals surface area contributed by atoms with Crippen molar-refractivity contribution in [3.05, 3.63) is 89.0 Å². The number of sulfonamides is 1. The summed E-state index contributed by atoms with van der Waals surface area (Å²) in [6, 6.07) is 20.5. The van der Waals surface area contributed by atoms with Crippen LogP contribution in [0.15, 0.2) is 71.8 Å². The van der Waals surface area contributed by atoms with Crippen LogP contribution < -0.4 is 19.2 Å². The van der Waals surface area contributed by atoms with Crippen molar-refractivity contribution in [1.29, 1.82) is 0 Å². The summed E-state index contributed by atoms with van der Waals surface area (Å²) in [6.07, 6.45) is 2.52. The van der Waals surface area contributed by atoms with E-state index in [2.05, 4.69) is 10.5 Å². The molecule has 35 heavy (non-hydrogen) atoms. The van der Waals surface area contributed by atoms with Crippen molar-refractivity contribution in [1.82, 2.24) is 5.43 Å². The van der Waals surface area contributed by atoms with Gasteiger partial charge in [-0.05, 0) is 60.4 Å². The SMILES string of the molecule is COc1cc(/C=N\NC(=O)CN(c2cc(C)ccc2C)S(C)(=O)=O)ccc1OCc1ccccc1. The predicted octanol–water partition coefficient (Wildman–Crippen LogP) is 3.81. The van der Waals surface area contributed by atoms with Gasteiger partial charge in [-0.15, -0.1) is 0 Å². The molecule has 0 aliphatic rings. The Morgan fingerprint density at radius 2 is 1.77 bits per heavy atom. The third-order valence-electron chi connectivity index (χ3n) is 5.15. The normalized spacial score (nSPS) is 11.3. The lowest BCUT2D eigenvalue weighted by Gasteiger charge is -2.23. The minimum atomic E-state index is -3.68. The Bertz CT molecular complexity index is 1310. The average molecular weight is 496 g/mol. The number of carbonyl (C=O) groups excluding carboxylic acids is 1. The van der Waals surface area contributed by atoms with Crippen molar-refractivity contribution in [2.75, 3.05) is 24.2 Å². The molecule has 3 aromatic carbocycles. The number of carbonyl (C=O) groups is 1. The zero-order chi connectivity index (χ0) is 25.4. The molecule has 0 saturated heterocycles. The second-order valence-electron chi connectivity index (χ2n) is 8.04. The summed E-state index contributed by atoms with van der Waals surface area (Å²) in [5, 5.41) is 3.97. The van der Waals surface area contributed by atoms with Crippen LogP contribution in [-0.4, -0.2) is 40.4 Å². The van der Waals surface area contributed by atoms with Crippen molar-refractivity contribution in [3.8, 4) is 11.5 Å². The van der Waals surface area contributed by atoms with Gasteiger partial charge in [0.1, 0.15) is 13.2 Å². The lowest BCUT2D eigenvalue weighted by molar-refractivity contribution is -0.119. The molecule has 184 valence electrons. The Labute approximate surface area is 206 Å². The highest BCUT2D eigenvalue weighted by molar-refractivity contribution is 7.92. The maximum Gasteiger partial charge on any atom is 0.260 e. The first-order valence-electron chi connectivity index (χ1n) is 10.9. The molecular formula is C26H29N3O5S. The van der Waals surface area contributed by atoms with Gasteiger partial charge in [-0.25, -0.2) is 13.8 Å². The minimum Gasteiger partial charge on any atom is -0.493 e. The molecule has 8 nitrogen and oxygen atoms in total. The number of aryl methyl sites for hydroxylation is 2. The third-order valence-corrected chi connectivity index (χ3v) is 6.28. The highest BCUT2D eigenvalue weighted by Gasteiger charge is 2.22. The predicted molar refractivity (Wildman–Crippen MR) is 138 cm³/mol. The van der Waals surface area contributed by atoms with Gasteiger partial charge >= 0.3 is 0 Å². The average Bonchev–Trinajstić information content (AvgIpc) is 2.83. The number of hydrogen-bond donors (Lipinski definition) is 1. The van der Waals surface area contributed by atoms with Crippen molar-refractivity contribution in [3.63, 3.8) is 0 Å². The fraction of sp³-hybridized carbons (Fsp3) is 0.231. The summed E-state index contributed by atoms with van der Waals surface area (Å²) >= 11 is 0. The van der Waals surface area contributed by atoms with Crippen molar-refractivity contribution >= 4 is 27.8 Å². The Hall–Kier alpha value is -3.85. The number of nitrogens with one attached hydrogen (secondary N) is 1. The van der Waals surface area contributed by atoms with Gasteiger partial charge in [-0.3, -0.25) is 9.10 Å². The molecule has 0 heterocycles. The Balaban J connectivity index is 1.65. The van der Waals surface area contributed by atoms with Gasteiger partial charge in [-0.2, -0.15) is 5.10 Å². The van der Waals surface area contributed by atoms with Crippen LogP contribution >= 0.6 is 0 Å². The fourth-order valence-corrected chi connectivity index (χ4v) is 4.24. The first-order valence-corrected chi connectivity index (χ1v) is 12.7. The van der Waals surface area contributed by atoms with E-state index in [4.69, 9.17) is 9.47 Å². The second kappa shape index (κ2) is 11.5. The topological polar surface area (TPSA) is 97.3 Å². The lowest BCUT2D eigenvalue weighted by Crippen LogP contribution is -2.39. The first kappa shape index (κ1) is 25.8. The quantitative estimate of drug-likeness (QED) is 0.341. The van der Waals surface area contributed by atoms with E-state index in [-0.39, 0.29) is 0 Å². The van der Waals surface area contributed by atoms with E-state index in [1.54, 1.807) is 38.3 Å². The van der Waals surface area contributed by atoms with E-state index in [9.17, 15) is 13.2 Å². The zero-order valence-corrected chi connectivity index (χ0v) is 21.0. The van der Waals surface area contributed by atoms with Gasteiger partial charge in [-0.1, -0.05) is 42.5 Å². The molecular weight excluding hydrogens is 466 g/mol. The summed E-state index contributed by atoms with van der Waals surface area (Å²) in [4.78, 5) is 12.5. The molecule has 3 rings (SSSR count). The molecule has 0 aliphatic heterocycles. The van der Waals surface area contributed by atoms with E-state index >= 15 is 0 Å². The third kappa shape index (κ3) is 7.31. The molecule has 3 aromatic rings. The standard InChI is InChI=1S/C26H29N3O5S/c1-19-10-11-20(2)23(14-19)29(35(4,31)32)17-26(30)28-27-16-22-12-13-24(25(15-22)33-3)34-18-21-8-6-5-7-9-21/h5-16H,17-18H2,1-4H3,(H,28,30)/b27-16-. The van der Waals surface area contributed by atoms with Gasteiger partial charge in [0.15, 0.2) is 11.5 Å². The van der Waals surface area contributed by atoms with Gasteiger partial charge < -0.3 is 9.47 Å². The van der Waals surface area contributed by atoms with Crippen LogP contribution in [0.3, 0.4) is 0 Å². The molecule has 0 spiro atoms. The Kier molecular flexibility index (Phi) is 8.48. The van der Waals surface area contributed by atoms with Crippen LogP contribution in [0.5, 0.6) is 11.5 Å². The maximum atomic E-state index is 12.5. The van der Waals surface area contributed by atoms with Gasteiger partial charge in [0.2, 0.25) is 10.0 Å². The van der Waals surface area contributed by atoms with Crippen LogP contribution in [0, 0.1) is 13.8 Å². The van der Waals surface area contributed by atoms with E-state index in [1.165, 1.54) is 6.21 Å². The van der Waals surface area contributed by atoms with Gasteiger partial charge in [0.05, 0.1) is 25.3 Å². The molecule has 0 unspecified atom stereocenters. The summed E-state index contributed by atoms with van der Waals surface area (Å²) in [6.45, 7) is 3.66. The first-order chi connectivity index (χ1) is 16.7. The van der Waals surface area contributed by atoms with E-state index in [1.807, 2.05) is 49.4 Å². The van der Waals surface area contributed by atoms with E-state index in [0.29, 0.717) is 29.4 Å². The molecule has 0 aliphatic carbocycles. The largest absolute Gasteiger partial charge is 0.493 e. The van der Waals surface area contributed by atoms with Crippen LogP contribution in [0.25, 0.3) is 0 Å². The molecule has 0 aromatic heterocycles. The minimum absolute atomic E-state index is 0.393. The number of rotatable bonds is 10. The van der Waals surface area contributed by atoms with Crippen molar-refractivity contribution in [2.45, 2.75) is 20.5 Å². The molecule has 0 bridgehead atoms. The number of anilines is 1. The van der Waals surface area contributed by atoms with Crippen molar-refractivity contribution in [2.24, 2.45) is 5.10 Å². The maximum absolute atomic E-state index is 12.5. The molecule has 1 N–H and O–H groups in total. The number of nitrogens with zero attached hydrogens (tertiary/aromatic N) is 2. The van der Waals surface area contributed by atoms with Gasteiger partial charge in [0, 0.05) is 0 Å². The Morgan fingerprint density at radius 1 is 1.03 bits per heavy atom. The van der Waals surface area contributed by atoms with Gasteiger partial charge in [0.25, 0.3) is 5.91 Å². The van der Waals surface area contributed by atoms with Crippen LogP contribution in [0.1, 0.15) is 22.3 Å². The number of hydrazone groups is 1. The Morgan fingerprint density at radius 3 is 2.46 bits per heavy atom. The second-order valence-corrected chi connectivity index (χ2v) is 9.94. The monoisotopic (exact) mass is 495 g/mol. The fourth-order valence-electron chi connectivity index (χ4n) is 3.33. The molecule has 0 saturated carbocycles. The number of methoxy groups -OCH3 is 1.